The van der Waals surface area contributed by atoms with Gasteiger partial charge in [-0.05, 0) is 12.5 Å². The van der Waals surface area contributed by atoms with Crippen LogP contribution in [0.25, 0.3) is 0 Å². The standard InChI is InChI=1S/C10H10F3NO2/c1-6-2-4-7(5-3-6)9(14,8(15)16)10(11,12)13/h2-5H,14H2,1H3,(H,15,16). The quantitative estimate of drug-likeness (QED) is 0.818. The molecule has 1 aromatic carbocycles. The van der Waals surface area contributed by atoms with Crippen LogP contribution >= 0.6 is 0 Å². The van der Waals surface area contributed by atoms with Crippen LogP contribution in [0, 0.1) is 6.92 Å². The van der Waals surface area contributed by atoms with Crippen LogP contribution < -0.4 is 5.73 Å². The molecule has 0 saturated heterocycles. The molecule has 16 heavy (non-hydrogen) atoms. The number of nitrogens with two attached hydrogens (primary N) is 1. The molecule has 6 heteroatoms. The van der Waals surface area contributed by atoms with Gasteiger partial charge in [-0.2, -0.15) is 13.2 Å². The zero-order valence-corrected chi connectivity index (χ0v) is 8.38. The maximum Gasteiger partial charge on any atom is 0.421 e. The van der Waals surface area contributed by atoms with E-state index in [-0.39, 0.29) is 0 Å². The van der Waals surface area contributed by atoms with Gasteiger partial charge in [-0.1, -0.05) is 29.8 Å². The molecule has 1 rings (SSSR count). The molecule has 0 heterocycles. The molecule has 3 N–H and O–H groups in total. The molecule has 1 aromatic rings. The molecule has 0 saturated carbocycles. The normalized spacial score (nSPS) is 15.6. The van der Waals surface area contributed by atoms with Gasteiger partial charge in [0.1, 0.15) is 0 Å². The number of rotatable bonds is 2. The lowest BCUT2D eigenvalue weighted by atomic mass is 9.90. The van der Waals surface area contributed by atoms with Gasteiger partial charge in [-0.15, -0.1) is 0 Å². The van der Waals surface area contributed by atoms with Crippen molar-refractivity contribution in [1.29, 1.82) is 0 Å². The molecular weight excluding hydrogens is 223 g/mol. The minimum absolute atomic E-state index is 0.488. The lowest BCUT2D eigenvalue weighted by Crippen LogP contribution is -2.56. The van der Waals surface area contributed by atoms with Crippen LogP contribution in [0.3, 0.4) is 0 Å². The first-order valence-electron chi connectivity index (χ1n) is 4.35. The van der Waals surface area contributed by atoms with E-state index in [9.17, 15) is 18.0 Å². The second-order valence-electron chi connectivity index (χ2n) is 3.48. The zero-order chi connectivity index (χ0) is 12.6. The molecule has 88 valence electrons. The fraction of sp³-hybridized carbons (Fsp3) is 0.300. The van der Waals surface area contributed by atoms with Crippen molar-refractivity contribution in [2.45, 2.75) is 18.6 Å². The molecule has 0 spiro atoms. The summed E-state index contributed by atoms with van der Waals surface area (Å²) < 4.78 is 37.9. The van der Waals surface area contributed by atoms with Crippen molar-refractivity contribution in [1.82, 2.24) is 0 Å². The van der Waals surface area contributed by atoms with Crippen LogP contribution in [-0.4, -0.2) is 17.3 Å². The third kappa shape index (κ3) is 1.88. The third-order valence-electron chi connectivity index (χ3n) is 2.29. The molecule has 1 unspecified atom stereocenters. The fourth-order valence-electron chi connectivity index (χ4n) is 1.22. The van der Waals surface area contributed by atoms with Crippen molar-refractivity contribution in [2.75, 3.05) is 0 Å². The Morgan fingerprint density at radius 3 is 2.00 bits per heavy atom. The Morgan fingerprint density at radius 2 is 1.69 bits per heavy atom. The molecule has 3 nitrogen and oxygen atoms in total. The fourth-order valence-corrected chi connectivity index (χ4v) is 1.22. The summed E-state index contributed by atoms with van der Waals surface area (Å²) in [4.78, 5) is 10.7. The average molecular weight is 233 g/mol. The van der Waals surface area contributed by atoms with Crippen molar-refractivity contribution in [3.63, 3.8) is 0 Å². The highest BCUT2D eigenvalue weighted by atomic mass is 19.4. The summed E-state index contributed by atoms with van der Waals surface area (Å²) in [5, 5.41) is 8.65. The smallest absolute Gasteiger partial charge is 0.421 e. The van der Waals surface area contributed by atoms with Crippen LogP contribution in [0.5, 0.6) is 0 Å². The number of alkyl halides is 3. The van der Waals surface area contributed by atoms with Crippen LogP contribution in [0.2, 0.25) is 0 Å². The first-order valence-corrected chi connectivity index (χ1v) is 4.35. The van der Waals surface area contributed by atoms with E-state index in [1.165, 1.54) is 12.1 Å². The molecule has 0 amide bonds. The van der Waals surface area contributed by atoms with Gasteiger partial charge < -0.3 is 10.8 Å². The number of carboxylic acids is 1. The van der Waals surface area contributed by atoms with Crippen molar-refractivity contribution < 1.29 is 23.1 Å². The number of carboxylic acid groups (broad SMARTS) is 1. The summed E-state index contributed by atoms with van der Waals surface area (Å²) in [5.41, 5.74) is 1.84. The Morgan fingerprint density at radius 1 is 1.25 bits per heavy atom. The second kappa shape index (κ2) is 3.79. The Hall–Kier alpha value is -1.56. The van der Waals surface area contributed by atoms with Gasteiger partial charge in [-0.25, -0.2) is 4.79 Å². The second-order valence-corrected chi connectivity index (χ2v) is 3.48. The van der Waals surface area contributed by atoms with E-state index < -0.39 is 23.2 Å². The van der Waals surface area contributed by atoms with Crippen molar-refractivity contribution in [3.05, 3.63) is 35.4 Å². The summed E-state index contributed by atoms with van der Waals surface area (Å²) in [5.74, 6) is -2.12. The first kappa shape index (κ1) is 12.5. The van der Waals surface area contributed by atoms with Gasteiger partial charge in [0.05, 0.1) is 0 Å². The van der Waals surface area contributed by atoms with Crippen molar-refractivity contribution in [3.8, 4) is 0 Å². The van der Waals surface area contributed by atoms with E-state index in [2.05, 4.69) is 0 Å². The SMILES string of the molecule is Cc1ccc(C(N)(C(=O)O)C(F)(F)F)cc1. The average Bonchev–Trinajstić information content (AvgIpc) is 2.15. The van der Waals surface area contributed by atoms with Gasteiger partial charge in [0.15, 0.2) is 0 Å². The summed E-state index contributed by atoms with van der Waals surface area (Å²) in [6.07, 6.45) is -5.05. The van der Waals surface area contributed by atoms with E-state index in [1.807, 2.05) is 0 Å². The van der Waals surface area contributed by atoms with Crippen LogP contribution in [0.1, 0.15) is 11.1 Å². The number of aliphatic carboxylic acids is 1. The van der Waals surface area contributed by atoms with Crippen LogP contribution in [-0.2, 0) is 10.3 Å². The molecule has 0 fully saturated rings. The summed E-state index contributed by atoms with van der Waals surface area (Å²) in [6.45, 7) is 1.68. The molecule has 0 aliphatic rings. The summed E-state index contributed by atoms with van der Waals surface area (Å²) in [6, 6.07) is 4.89. The first-order chi connectivity index (χ1) is 7.19. The van der Waals surface area contributed by atoms with E-state index >= 15 is 0 Å². The van der Waals surface area contributed by atoms with E-state index in [0.29, 0.717) is 0 Å². The number of carbonyl (C=O) groups is 1. The Bertz CT molecular complexity index is 400. The summed E-state index contributed by atoms with van der Waals surface area (Å²) in [7, 11) is 0. The Balaban J connectivity index is 3.34. The van der Waals surface area contributed by atoms with Crippen LogP contribution in [0.4, 0.5) is 13.2 Å². The van der Waals surface area contributed by atoms with E-state index in [0.717, 1.165) is 17.7 Å². The molecule has 1 atom stereocenters. The minimum atomic E-state index is -5.05. The molecule has 0 aliphatic carbocycles. The number of halogens is 3. The van der Waals surface area contributed by atoms with Gasteiger partial charge in [0.25, 0.3) is 0 Å². The van der Waals surface area contributed by atoms with E-state index in [1.54, 1.807) is 6.92 Å². The highest BCUT2D eigenvalue weighted by molar-refractivity contribution is 5.81. The Kier molecular flexibility index (Phi) is 2.96. The van der Waals surface area contributed by atoms with Crippen molar-refractivity contribution >= 4 is 5.97 Å². The molecule has 0 aromatic heterocycles. The zero-order valence-electron chi connectivity index (χ0n) is 8.38. The number of aryl methyl sites for hydroxylation is 1. The topological polar surface area (TPSA) is 63.3 Å². The summed E-state index contributed by atoms with van der Waals surface area (Å²) >= 11 is 0. The van der Waals surface area contributed by atoms with Crippen molar-refractivity contribution in [2.24, 2.45) is 5.73 Å². The number of hydrogen-bond donors (Lipinski definition) is 2. The predicted octanol–water partition coefficient (Wildman–Crippen LogP) is 1.80. The van der Waals surface area contributed by atoms with Gasteiger partial charge in [0, 0.05) is 0 Å². The predicted molar refractivity (Wildman–Crippen MR) is 50.7 cm³/mol. The van der Waals surface area contributed by atoms with Gasteiger partial charge >= 0.3 is 12.1 Å². The van der Waals surface area contributed by atoms with Gasteiger partial charge in [-0.3, -0.25) is 0 Å². The number of hydrogen-bond acceptors (Lipinski definition) is 2. The molecule has 0 radical (unpaired) electrons. The van der Waals surface area contributed by atoms with Crippen LogP contribution in [0.15, 0.2) is 24.3 Å². The largest absolute Gasteiger partial charge is 0.479 e. The highest BCUT2D eigenvalue weighted by Gasteiger charge is 2.59. The third-order valence-corrected chi connectivity index (χ3v) is 2.29. The Labute approximate surface area is 89.7 Å². The molecular formula is C10H10F3NO2. The maximum absolute atomic E-state index is 12.6. The maximum atomic E-state index is 12.6. The monoisotopic (exact) mass is 233 g/mol. The lowest BCUT2D eigenvalue weighted by Gasteiger charge is -2.27. The molecule has 0 aliphatic heterocycles. The number of benzene rings is 1. The minimum Gasteiger partial charge on any atom is -0.479 e. The van der Waals surface area contributed by atoms with Gasteiger partial charge in [0.2, 0.25) is 5.54 Å². The van der Waals surface area contributed by atoms with E-state index in [4.69, 9.17) is 10.8 Å². The highest BCUT2D eigenvalue weighted by Crippen LogP contribution is 2.37. The lowest BCUT2D eigenvalue weighted by molar-refractivity contribution is -0.204. The molecule has 0 bridgehead atoms.